The normalized spacial score (nSPS) is 14.6. The molecular formula is C20H25Cl2N5O2. The number of anilines is 2. The van der Waals surface area contributed by atoms with Crippen molar-refractivity contribution in [1.82, 2.24) is 15.3 Å². The van der Waals surface area contributed by atoms with Crippen LogP contribution < -0.4 is 20.3 Å². The van der Waals surface area contributed by atoms with E-state index in [1.165, 1.54) is 0 Å². The first kappa shape index (κ1) is 21.5. The number of hydrogen-bond acceptors (Lipinski definition) is 6. The van der Waals surface area contributed by atoms with E-state index in [1.54, 1.807) is 20.1 Å². The van der Waals surface area contributed by atoms with Gasteiger partial charge in [-0.1, -0.05) is 29.3 Å². The summed E-state index contributed by atoms with van der Waals surface area (Å²) in [5, 5.41) is 7.58. The van der Waals surface area contributed by atoms with Crippen LogP contribution in [0.5, 0.6) is 6.01 Å². The number of hydrogen-bond donors (Lipinski definition) is 2. The molecule has 29 heavy (non-hydrogen) atoms. The highest BCUT2D eigenvalue weighted by atomic mass is 35.5. The van der Waals surface area contributed by atoms with Crippen molar-refractivity contribution in [1.29, 1.82) is 0 Å². The highest BCUT2D eigenvalue weighted by Gasteiger charge is 2.21. The lowest BCUT2D eigenvalue weighted by Gasteiger charge is -2.33. The van der Waals surface area contributed by atoms with Crippen LogP contribution in [0.3, 0.4) is 0 Å². The van der Waals surface area contributed by atoms with Crippen LogP contribution in [-0.2, 0) is 11.2 Å². The summed E-state index contributed by atoms with van der Waals surface area (Å²) in [7, 11) is 1.55. The second-order valence-corrected chi connectivity index (χ2v) is 7.82. The van der Waals surface area contributed by atoms with Crippen LogP contribution in [0.1, 0.15) is 25.3 Å². The largest absolute Gasteiger partial charge is 0.467 e. The second kappa shape index (κ2) is 9.98. The van der Waals surface area contributed by atoms with Crippen molar-refractivity contribution < 1.29 is 9.53 Å². The van der Waals surface area contributed by atoms with Gasteiger partial charge in [-0.3, -0.25) is 4.79 Å². The highest BCUT2D eigenvalue weighted by Crippen LogP contribution is 2.24. The van der Waals surface area contributed by atoms with E-state index in [2.05, 4.69) is 25.5 Å². The van der Waals surface area contributed by atoms with Crippen molar-refractivity contribution in [2.24, 2.45) is 0 Å². The minimum absolute atomic E-state index is 0.0134. The van der Waals surface area contributed by atoms with E-state index in [1.807, 2.05) is 18.2 Å². The van der Waals surface area contributed by atoms with Gasteiger partial charge in [0.1, 0.15) is 11.6 Å². The maximum atomic E-state index is 11.2. The average molecular weight is 438 g/mol. The summed E-state index contributed by atoms with van der Waals surface area (Å²) >= 11 is 12.2. The van der Waals surface area contributed by atoms with Gasteiger partial charge in [0.2, 0.25) is 5.91 Å². The summed E-state index contributed by atoms with van der Waals surface area (Å²) in [5.74, 6) is 1.52. The van der Waals surface area contributed by atoms with Crippen molar-refractivity contribution in [2.45, 2.75) is 32.2 Å². The molecule has 7 nitrogen and oxygen atoms in total. The molecular weight excluding hydrogens is 413 g/mol. The first-order valence-electron chi connectivity index (χ1n) is 9.57. The van der Waals surface area contributed by atoms with Crippen LogP contribution in [0.2, 0.25) is 10.0 Å². The quantitative estimate of drug-likeness (QED) is 0.689. The third-order valence-electron chi connectivity index (χ3n) is 4.82. The van der Waals surface area contributed by atoms with Gasteiger partial charge in [0, 0.05) is 48.7 Å². The first-order valence-corrected chi connectivity index (χ1v) is 10.3. The van der Waals surface area contributed by atoms with E-state index in [-0.39, 0.29) is 11.9 Å². The lowest BCUT2D eigenvalue weighted by atomic mass is 10.1. The summed E-state index contributed by atoms with van der Waals surface area (Å²) in [4.78, 5) is 22.3. The average Bonchev–Trinajstić information content (AvgIpc) is 2.69. The zero-order chi connectivity index (χ0) is 20.8. The number of ether oxygens (including phenoxy) is 1. The number of benzene rings is 1. The van der Waals surface area contributed by atoms with Gasteiger partial charge < -0.3 is 20.3 Å². The Morgan fingerprint density at radius 1 is 1.24 bits per heavy atom. The highest BCUT2D eigenvalue weighted by molar-refractivity contribution is 6.35. The Morgan fingerprint density at radius 3 is 2.66 bits per heavy atom. The number of methoxy groups -OCH3 is 1. The summed E-state index contributed by atoms with van der Waals surface area (Å²) in [6.07, 6.45) is 2.49. The SMILES string of the molecule is COc1nc(NCCc2ccc(Cl)cc2Cl)cc(N2CCC(NC(C)=O)CC2)n1. The van der Waals surface area contributed by atoms with Crippen LogP contribution in [0.25, 0.3) is 0 Å². The number of carbonyl (C=O) groups excluding carboxylic acids is 1. The minimum atomic E-state index is 0.0134. The fraction of sp³-hybridized carbons (Fsp3) is 0.450. The fourth-order valence-electron chi connectivity index (χ4n) is 3.35. The van der Waals surface area contributed by atoms with Gasteiger partial charge in [0.15, 0.2) is 0 Å². The molecule has 2 aromatic rings. The molecule has 0 atom stereocenters. The topological polar surface area (TPSA) is 79.4 Å². The Labute approximate surface area is 180 Å². The molecule has 9 heteroatoms. The summed E-state index contributed by atoms with van der Waals surface area (Å²) in [6, 6.07) is 7.96. The molecule has 1 aromatic carbocycles. The Balaban J connectivity index is 1.62. The van der Waals surface area contributed by atoms with E-state index < -0.39 is 0 Å². The predicted molar refractivity (Wildman–Crippen MR) is 116 cm³/mol. The number of piperidine rings is 1. The molecule has 2 N–H and O–H groups in total. The molecule has 0 radical (unpaired) electrons. The number of halogens is 2. The van der Waals surface area contributed by atoms with Crippen molar-refractivity contribution in [3.05, 3.63) is 39.9 Å². The number of carbonyl (C=O) groups is 1. The van der Waals surface area contributed by atoms with Gasteiger partial charge >= 0.3 is 6.01 Å². The van der Waals surface area contributed by atoms with Crippen LogP contribution in [0, 0.1) is 0 Å². The third kappa shape index (κ3) is 6.11. The molecule has 1 aromatic heterocycles. The lowest BCUT2D eigenvalue weighted by Crippen LogP contribution is -2.44. The smallest absolute Gasteiger partial charge is 0.320 e. The Morgan fingerprint density at radius 2 is 2.00 bits per heavy atom. The van der Waals surface area contributed by atoms with Gasteiger partial charge in [-0.2, -0.15) is 9.97 Å². The maximum absolute atomic E-state index is 11.2. The Bertz CT molecular complexity index is 857. The lowest BCUT2D eigenvalue weighted by molar-refractivity contribution is -0.119. The summed E-state index contributed by atoms with van der Waals surface area (Å²) < 4.78 is 5.28. The van der Waals surface area contributed by atoms with E-state index in [0.717, 1.165) is 43.7 Å². The zero-order valence-corrected chi connectivity index (χ0v) is 18.1. The molecule has 0 aliphatic carbocycles. The van der Waals surface area contributed by atoms with Gasteiger partial charge in [0.25, 0.3) is 0 Å². The molecule has 156 valence electrons. The van der Waals surface area contributed by atoms with E-state index in [4.69, 9.17) is 27.9 Å². The Hall–Kier alpha value is -2.25. The van der Waals surface area contributed by atoms with Gasteiger partial charge in [-0.15, -0.1) is 0 Å². The molecule has 1 saturated heterocycles. The van der Waals surface area contributed by atoms with Crippen LogP contribution in [0.4, 0.5) is 11.6 Å². The van der Waals surface area contributed by atoms with Crippen molar-refractivity contribution >= 4 is 40.7 Å². The maximum Gasteiger partial charge on any atom is 0.320 e. The number of aromatic nitrogens is 2. The fourth-order valence-corrected chi connectivity index (χ4v) is 3.85. The molecule has 3 rings (SSSR count). The van der Waals surface area contributed by atoms with Crippen molar-refractivity contribution in [3.8, 4) is 6.01 Å². The van der Waals surface area contributed by atoms with Gasteiger partial charge in [-0.05, 0) is 37.0 Å². The van der Waals surface area contributed by atoms with Crippen LogP contribution in [0.15, 0.2) is 24.3 Å². The molecule has 1 aliphatic rings. The Kier molecular flexibility index (Phi) is 7.39. The number of nitrogens with one attached hydrogen (secondary N) is 2. The van der Waals surface area contributed by atoms with Crippen LogP contribution in [-0.4, -0.2) is 48.7 Å². The number of nitrogens with zero attached hydrogens (tertiary/aromatic N) is 3. The molecule has 1 amide bonds. The van der Waals surface area contributed by atoms with Gasteiger partial charge in [-0.25, -0.2) is 0 Å². The third-order valence-corrected chi connectivity index (χ3v) is 5.40. The summed E-state index contributed by atoms with van der Waals surface area (Å²) in [5.41, 5.74) is 1.02. The van der Waals surface area contributed by atoms with E-state index >= 15 is 0 Å². The standard InChI is InChI=1S/C20H25Cl2N5O2/c1-13(28)24-16-6-9-27(10-7-16)19-12-18(25-20(26-19)29-2)23-8-5-14-3-4-15(21)11-17(14)22/h3-4,11-12,16H,5-10H2,1-2H3,(H,24,28)(H,23,25,26). The zero-order valence-electron chi connectivity index (χ0n) is 16.5. The van der Waals surface area contributed by atoms with E-state index in [9.17, 15) is 4.79 Å². The van der Waals surface area contributed by atoms with Crippen molar-refractivity contribution in [3.63, 3.8) is 0 Å². The predicted octanol–water partition coefficient (Wildman–Crippen LogP) is 3.55. The monoisotopic (exact) mass is 437 g/mol. The minimum Gasteiger partial charge on any atom is -0.467 e. The molecule has 1 fully saturated rings. The number of amides is 1. The number of rotatable bonds is 7. The molecule has 2 heterocycles. The van der Waals surface area contributed by atoms with Crippen molar-refractivity contribution in [2.75, 3.05) is 37.0 Å². The second-order valence-electron chi connectivity index (χ2n) is 6.97. The molecule has 0 saturated carbocycles. The first-order chi connectivity index (χ1) is 13.9. The molecule has 0 spiro atoms. The van der Waals surface area contributed by atoms with Crippen LogP contribution >= 0.6 is 23.2 Å². The van der Waals surface area contributed by atoms with E-state index in [0.29, 0.717) is 28.4 Å². The molecule has 0 unspecified atom stereocenters. The summed E-state index contributed by atoms with van der Waals surface area (Å²) in [6.45, 7) is 3.83. The molecule has 1 aliphatic heterocycles. The molecule has 0 bridgehead atoms. The van der Waals surface area contributed by atoms with Gasteiger partial charge in [0.05, 0.1) is 7.11 Å².